The molecule has 1 atom stereocenters. The molecule has 3 nitrogen and oxygen atoms in total. The minimum atomic E-state index is -0.529. The third kappa shape index (κ3) is 3.61. The topological polar surface area (TPSA) is 38.3 Å². The van der Waals surface area contributed by atoms with E-state index in [1.807, 2.05) is 38.1 Å². The van der Waals surface area contributed by atoms with Crippen molar-refractivity contribution in [2.75, 3.05) is 5.32 Å². The van der Waals surface area contributed by atoms with Crippen molar-refractivity contribution in [3.8, 4) is 5.75 Å². The van der Waals surface area contributed by atoms with Crippen molar-refractivity contribution < 1.29 is 9.53 Å². The number of carbonyl (C=O) groups excluding carboxylic acids is 1. The first-order valence-electron chi connectivity index (χ1n) is 8.70. The highest BCUT2D eigenvalue weighted by Crippen LogP contribution is 2.30. The summed E-state index contributed by atoms with van der Waals surface area (Å²) in [5, 5.41) is 2.97. The maximum Gasteiger partial charge on any atom is 0.265 e. The highest BCUT2D eigenvalue weighted by atomic mass is 16.5. The Bertz CT molecular complexity index is 751. The number of benzene rings is 2. The number of amides is 1. The van der Waals surface area contributed by atoms with Gasteiger partial charge >= 0.3 is 0 Å². The van der Waals surface area contributed by atoms with Crippen molar-refractivity contribution in [3.63, 3.8) is 0 Å². The van der Waals surface area contributed by atoms with Gasteiger partial charge in [0.1, 0.15) is 5.75 Å². The summed E-state index contributed by atoms with van der Waals surface area (Å²) in [4.78, 5) is 12.5. The largest absolute Gasteiger partial charge is 0.481 e. The van der Waals surface area contributed by atoms with Crippen LogP contribution in [-0.4, -0.2) is 12.0 Å². The van der Waals surface area contributed by atoms with Crippen LogP contribution in [0, 0.1) is 13.8 Å². The van der Waals surface area contributed by atoms with Crippen LogP contribution in [0.15, 0.2) is 36.4 Å². The molecular weight excluding hydrogens is 298 g/mol. The SMILES string of the molecule is Cc1ccc(NC(=O)C(C)Oc2cccc3c2CCCC3)c(C)c1. The van der Waals surface area contributed by atoms with Crippen LogP contribution in [0.4, 0.5) is 5.69 Å². The predicted octanol–water partition coefficient (Wildman–Crippen LogP) is 4.59. The molecule has 3 heteroatoms. The molecule has 1 N–H and O–H groups in total. The van der Waals surface area contributed by atoms with E-state index >= 15 is 0 Å². The first-order valence-corrected chi connectivity index (χ1v) is 8.70. The lowest BCUT2D eigenvalue weighted by molar-refractivity contribution is -0.122. The van der Waals surface area contributed by atoms with E-state index in [2.05, 4.69) is 17.4 Å². The Labute approximate surface area is 144 Å². The van der Waals surface area contributed by atoms with Gasteiger partial charge in [-0.2, -0.15) is 0 Å². The number of carbonyl (C=O) groups is 1. The summed E-state index contributed by atoms with van der Waals surface area (Å²) in [6.07, 6.45) is 4.04. The van der Waals surface area contributed by atoms with Crippen molar-refractivity contribution in [2.24, 2.45) is 0 Å². The maximum absolute atomic E-state index is 12.5. The second-order valence-corrected chi connectivity index (χ2v) is 6.67. The van der Waals surface area contributed by atoms with Crippen molar-refractivity contribution in [1.29, 1.82) is 0 Å². The van der Waals surface area contributed by atoms with Crippen LogP contribution in [0.5, 0.6) is 5.75 Å². The molecule has 126 valence electrons. The van der Waals surface area contributed by atoms with Crippen LogP contribution >= 0.6 is 0 Å². The third-order valence-corrected chi connectivity index (χ3v) is 4.67. The molecule has 1 unspecified atom stereocenters. The highest BCUT2D eigenvalue weighted by molar-refractivity contribution is 5.94. The van der Waals surface area contributed by atoms with Crippen LogP contribution < -0.4 is 10.1 Å². The van der Waals surface area contributed by atoms with Gasteiger partial charge in [-0.05, 0) is 75.3 Å². The Balaban J connectivity index is 1.71. The van der Waals surface area contributed by atoms with Gasteiger partial charge in [0, 0.05) is 5.69 Å². The first-order chi connectivity index (χ1) is 11.5. The fourth-order valence-electron chi connectivity index (χ4n) is 3.29. The normalized spacial score (nSPS) is 14.6. The van der Waals surface area contributed by atoms with Gasteiger partial charge in [-0.25, -0.2) is 0 Å². The Morgan fingerprint density at radius 2 is 1.92 bits per heavy atom. The molecule has 0 radical (unpaired) electrons. The third-order valence-electron chi connectivity index (χ3n) is 4.67. The average Bonchev–Trinajstić information content (AvgIpc) is 2.57. The summed E-state index contributed by atoms with van der Waals surface area (Å²) < 4.78 is 6.00. The van der Waals surface area contributed by atoms with Crippen molar-refractivity contribution in [2.45, 2.75) is 52.6 Å². The predicted molar refractivity (Wildman–Crippen MR) is 97.7 cm³/mol. The number of hydrogen-bond acceptors (Lipinski definition) is 2. The summed E-state index contributed by atoms with van der Waals surface area (Å²) in [6, 6.07) is 12.2. The van der Waals surface area contributed by atoms with E-state index in [0.717, 1.165) is 29.8 Å². The first kappa shape index (κ1) is 16.6. The number of fused-ring (bicyclic) bond motifs is 1. The molecule has 0 heterocycles. The van der Waals surface area contributed by atoms with Gasteiger partial charge in [-0.3, -0.25) is 4.79 Å². The Morgan fingerprint density at radius 1 is 1.12 bits per heavy atom. The second-order valence-electron chi connectivity index (χ2n) is 6.67. The Hall–Kier alpha value is -2.29. The Kier molecular flexibility index (Phi) is 4.89. The molecule has 1 aliphatic rings. The van der Waals surface area contributed by atoms with Crippen molar-refractivity contribution >= 4 is 11.6 Å². The molecule has 0 saturated heterocycles. The number of ether oxygens (including phenoxy) is 1. The Morgan fingerprint density at radius 3 is 2.71 bits per heavy atom. The summed E-state index contributed by atoms with van der Waals surface area (Å²) in [5.74, 6) is 0.742. The van der Waals surface area contributed by atoms with Gasteiger partial charge in [0.25, 0.3) is 5.91 Å². The van der Waals surface area contributed by atoms with E-state index in [9.17, 15) is 4.79 Å². The maximum atomic E-state index is 12.5. The molecule has 0 spiro atoms. The van der Waals surface area contributed by atoms with E-state index < -0.39 is 6.10 Å². The van der Waals surface area contributed by atoms with E-state index in [-0.39, 0.29) is 5.91 Å². The van der Waals surface area contributed by atoms with E-state index in [1.165, 1.54) is 29.5 Å². The van der Waals surface area contributed by atoms with E-state index in [4.69, 9.17) is 4.74 Å². The lowest BCUT2D eigenvalue weighted by atomic mass is 9.91. The lowest BCUT2D eigenvalue weighted by Gasteiger charge is -2.22. The van der Waals surface area contributed by atoms with Gasteiger partial charge in [-0.1, -0.05) is 29.8 Å². The fraction of sp³-hybridized carbons (Fsp3) is 0.381. The zero-order valence-electron chi connectivity index (χ0n) is 14.7. The molecule has 1 amide bonds. The lowest BCUT2D eigenvalue weighted by Crippen LogP contribution is -2.30. The van der Waals surface area contributed by atoms with Crippen molar-refractivity contribution in [3.05, 3.63) is 58.7 Å². The van der Waals surface area contributed by atoms with Crippen molar-refractivity contribution in [1.82, 2.24) is 0 Å². The molecule has 2 aromatic rings. The van der Waals surface area contributed by atoms with Gasteiger partial charge in [0.2, 0.25) is 0 Å². The monoisotopic (exact) mass is 323 g/mol. The molecule has 0 bridgehead atoms. The van der Waals surface area contributed by atoms with Crippen LogP contribution in [0.3, 0.4) is 0 Å². The van der Waals surface area contributed by atoms with Crippen LogP contribution in [0.25, 0.3) is 0 Å². The van der Waals surface area contributed by atoms with Gasteiger partial charge in [0.15, 0.2) is 6.10 Å². The summed E-state index contributed by atoms with van der Waals surface area (Å²) in [7, 11) is 0. The van der Waals surface area contributed by atoms with Crippen LogP contribution in [0.2, 0.25) is 0 Å². The molecule has 24 heavy (non-hydrogen) atoms. The molecule has 0 aliphatic heterocycles. The summed E-state index contributed by atoms with van der Waals surface area (Å²) in [5.41, 5.74) is 5.73. The standard InChI is InChI=1S/C21H25NO2/c1-14-11-12-19(15(2)13-14)22-21(23)16(3)24-20-10-6-8-17-7-4-5-9-18(17)20/h6,8,10-13,16H,4-5,7,9H2,1-3H3,(H,22,23). The minimum Gasteiger partial charge on any atom is -0.481 e. The molecule has 2 aromatic carbocycles. The molecule has 3 rings (SSSR count). The number of aryl methyl sites for hydroxylation is 3. The zero-order chi connectivity index (χ0) is 17.1. The fourth-order valence-corrected chi connectivity index (χ4v) is 3.29. The average molecular weight is 323 g/mol. The van der Waals surface area contributed by atoms with Gasteiger partial charge < -0.3 is 10.1 Å². The quantitative estimate of drug-likeness (QED) is 0.894. The number of anilines is 1. The summed E-state index contributed by atoms with van der Waals surface area (Å²) >= 11 is 0. The summed E-state index contributed by atoms with van der Waals surface area (Å²) in [6.45, 7) is 5.85. The van der Waals surface area contributed by atoms with Gasteiger partial charge in [-0.15, -0.1) is 0 Å². The molecule has 0 fully saturated rings. The van der Waals surface area contributed by atoms with Gasteiger partial charge in [0.05, 0.1) is 0 Å². The molecular formula is C21H25NO2. The van der Waals surface area contributed by atoms with Crippen LogP contribution in [0.1, 0.15) is 42.0 Å². The van der Waals surface area contributed by atoms with E-state index in [0.29, 0.717) is 0 Å². The van der Waals surface area contributed by atoms with Crippen LogP contribution in [-0.2, 0) is 17.6 Å². The highest BCUT2D eigenvalue weighted by Gasteiger charge is 2.19. The molecule has 1 aliphatic carbocycles. The second kappa shape index (κ2) is 7.08. The molecule has 0 saturated carbocycles. The zero-order valence-corrected chi connectivity index (χ0v) is 14.7. The number of nitrogens with one attached hydrogen (secondary N) is 1. The molecule has 0 aromatic heterocycles. The minimum absolute atomic E-state index is 0.115. The smallest absolute Gasteiger partial charge is 0.265 e. The number of hydrogen-bond donors (Lipinski definition) is 1. The van der Waals surface area contributed by atoms with E-state index in [1.54, 1.807) is 6.92 Å². The number of rotatable bonds is 4.